The van der Waals surface area contributed by atoms with Gasteiger partial charge in [0.15, 0.2) is 0 Å². The summed E-state index contributed by atoms with van der Waals surface area (Å²) in [6.45, 7) is 4.85. The zero-order valence-electron chi connectivity index (χ0n) is 12.4. The molecule has 0 amide bonds. The fourth-order valence-corrected chi connectivity index (χ4v) is 2.97. The zero-order chi connectivity index (χ0) is 14.7. The molecule has 2 aromatic rings. The van der Waals surface area contributed by atoms with Gasteiger partial charge < -0.3 is 10.6 Å². The van der Waals surface area contributed by atoms with Gasteiger partial charge in [-0.15, -0.1) is 0 Å². The van der Waals surface area contributed by atoms with Gasteiger partial charge in [0.1, 0.15) is 5.82 Å². The highest BCUT2D eigenvalue weighted by atomic mass is 19.1. The van der Waals surface area contributed by atoms with E-state index >= 15 is 0 Å². The quantitative estimate of drug-likeness (QED) is 0.902. The molecule has 1 heterocycles. The summed E-state index contributed by atoms with van der Waals surface area (Å²) in [5.41, 5.74) is 6.29. The monoisotopic (exact) mass is 284 g/mol. The molecule has 1 aliphatic heterocycles. The average Bonchev–Trinajstić information content (AvgIpc) is 2.72. The molecule has 0 aromatic heterocycles. The Labute approximate surface area is 125 Å². The molecule has 2 nitrogen and oxygen atoms in total. The third-order valence-electron chi connectivity index (χ3n) is 4.10. The maximum Gasteiger partial charge on any atom is 0.123 e. The Hall–Kier alpha value is -1.87. The lowest BCUT2D eigenvalue weighted by atomic mass is 9.97. The van der Waals surface area contributed by atoms with Gasteiger partial charge >= 0.3 is 0 Å². The molecule has 0 saturated carbocycles. The van der Waals surface area contributed by atoms with E-state index in [1.165, 1.54) is 28.4 Å². The van der Waals surface area contributed by atoms with Crippen LogP contribution in [0.5, 0.6) is 0 Å². The molecule has 2 N–H and O–H groups in total. The molecule has 3 rings (SSSR count). The summed E-state index contributed by atoms with van der Waals surface area (Å²) in [4.78, 5) is 0. The van der Waals surface area contributed by atoms with Crippen molar-refractivity contribution in [1.29, 1.82) is 0 Å². The molecule has 1 aliphatic rings. The van der Waals surface area contributed by atoms with Gasteiger partial charge in [-0.25, -0.2) is 4.39 Å². The van der Waals surface area contributed by atoms with Gasteiger partial charge in [-0.05, 0) is 67.2 Å². The van der Waals surface area contributed by atoms with Crippen LogP contribution in [0.3, 0.4) is 0 Å². The van der Waals surface area contributed by atoms with Gasteiger partial charge in [-0.3, -0.25) is 0 Å². The molecule has 0 saturated heterocycles. The largest absolute Gasteiger partial charge is 0.381 e. The molecular weight excluding hydrogens is 263 g/mol. The van der Waals surface area contributed by atoms with Crippen molar-refractivity contribution in [3.63, 3.8) is 0 Å². The van der Waals surface area contributed by atoms with Gasteiger partial charge in [0, 0.05) is 12.2 Å². The molecule has 0 radical (unpaired) electrons. The Balaban J connectivity index is 1.84. The average molecular weight is 284 g/mol. The smallest absolute Gasteiger partial charge is 0.123 e. The summed E-state index contributed by atoms with van der Waals surface area (Å²) >= 11 is 0. The number of hydrogen-bond acceptors (Lipinski definition) is 2. The number of fused-ring (bicyclic) bond motifs is 1. The van der Waals surface area contributed by atoms with Gasteiger partial charge in [-0.1, -0.05) is 24.3 Å². The Kier molecular flexibility index (Phi) is 4.20. The minimum atomic E-state index is -0.179. The van der Waals surface area contributed by atoms with Crippen molar-refractivity contribution in [3.05, 3.63) is 64.5 Å². The molecule has 0 unspecified atom stereocenters. The van der Waals surface area contributed by atoms with Crippen molar-refractivity contribution < 1.29 is 4.39 Å². The first-order valence-electron chi connectivity index (χ1n) is 7.54. The number of aryl methyl sites for hydroxylation is 1. The van der Waals surface area contributed by atoms with E-state index in [-0.39, 0.29) is 5.82 Å². The minimum Gasteiger partial charge on any atom is -0.381 e. The van der Waals surface area contributed by atoms with Crippen LogP contribution in [-0.2, 0) is 19.4 Å². The minimum absolute atomic E-state index is 0.179. The molecule has 2 aromatic carbocycles. The molecule has 21 heavy (non-hydrogen) atoms. The first kappa shape index (κ1) is 14.1. The second-order valence-electron chi connectivity index (χ2n) is 5.63. The van der Waals surface area contributed by atoms with Crippen molar-refractivity contribution in [1.82, 2.24) is 5.32 Å². The summed E-state index contributed by atoms with van der Waals surface area (Å²) in [5.74, 6) is -0.179. The van der Waals surface area contributed by atoms with Gasteiger partial charge in [0.05, 0.1) is 0 Å². The van der Waals surface area contributed by atoms with E-state index in [9.17, 15) is 4.39 Å². The number of halogens is 1. The lowest BCUT2D eigenvalue weighted by Crippen LogP contribution is -2.16. The van der Waals surface area contributed by atoms with Crippen LogP contribution < -0.4 is 10.6 Å². The summed E-state index contributed by atoms with van der Waals surface area (Å²) in [5, 5.41) is 6.96. The molecular formula is C18H21FN2. The van der Waals surface area contributed by atoms with E-state index in [1.54, 1.807) is 12.1 Å². The van der Waals surface area contributed by atoms with Crippen LogP contribution in [0.4, 0.5) is 10.1 Å². The van der Waals surface area contributed by atoms with Crippen LogP contribution in [0.15, 0.2) is 36.4 Å². The summed E-state index contributed by atoms with van der Waals surface area (Å²) in [7, 11) is 0. The highest BCUT2D eigenvalue weighted by molar-refractivity contribution is 5.61. The molecule has 0 spiro atoms. The molecule has 0 bridgehead atoms. The second-order valence-corrected chi connectivity index (χ2v) is 5.63. The Morgan fingerprint density at radius 3 is 2.86 bits per heavy atom. The van der Waals surface area contributed by atoms with Crippen LogP contribution in [0.25, 0.3) is 0 Å². The van der Waals surface area contributed by atoms with Crippen molar-refractivity contribution in [2.75, 3.05) is 18.4 Å². The normalized spacial score (nSPS) is 14.4. The van der Waals surface area contributed by atoms with E-state index in [4.69, 9.17) is 0 Å². The molecule has 0 atom stereocenters. The van der Waals surface area contributed by atoms with Crippen molar-refractivity contribution >= 4 is 5.69 Å². The molecule has 0 fully saturated rings. The van der Waals surface area contributed by atoms with Crippen LogP contribution in [0.1, 0.15) is 22.3 Å². The fourth-order valence-electron chi connectivity index (χ4n) is 2.97. The van der Waals surface area contributed by atoms with Crippen LogP contribution >= 0.6 is 0 Å². The molecule has 0 aliphatic carbocycles. The first-order chi connectivity index (χ1) is 10.2. The topological polar surface area (TPSA) is 24.1 Å². The number of anilines is 1. The van der Waals surface area contributed by atoms with Crippen molar-refractivity contribution in [3.8, 4) is 0 Å². The molecule has 110 valence electrons. The van der Waals surface area contributed by atoms with E-state index < -0.39 is 0 Å². The van der Waals surface area contributed by atoms with Crippen LogP contribution in [0.2, 0.25) is 0 Å². The SMILES string of the molecule is Cc1ccc2c(c1NCc1cccc(F)c1)CCNCC2. The van der Waals surface area contributed by atoms with E-state index in [1.807, 2.05) is 6.07 Å². The first-order valence-corrected chi connectivity index (χ1v) is 7.54. The molecule has 3 heteroatoms. The third-order valence-corrected chi connectivity index (χ3v) is 4.10. The van der Waals surface area contributed by atoms with E-state index in [0.29, 0.717) is 6.54 Å². The lowest BCUT2D eigenvalue weighted by molar-refractivity contribution is 0.626. The lowest BCUT2D eigenvalue weighted by Gasteiger charge is -2.17. The highest BCUT2D eigenvalue weighted by Crippen LogP contribution is 2.27. The number of hydrogen-bond donors (Lipinski definition) is 2. The van der Waals surface area contributed by atoms with Gasteiger partial charge in [0.25, 0.3) is 0 Å². The Morgan fingerprint density at radius 1 is 1.14 bits per heavy atom. The second kappa shape index (κ2) is 6.27. The third kappa shape index (κ3) is 3.24. The Morgan fingerprint density at radius 2 is 2.00 bits per heavy atom. The Bertz CT molecular complexity index is 637. The van der Waals surface area contributed by atoms with Gasteiger partial charge in [0.2, 0.25) is 0 Å². The highest BCUT2D eigenvalue weighted by Gasteiger charge is 2.13. The van der Waals surface area contributed by atoms with Crippen LogP contribution in [0, 0.1) is 12.7 Å². The summed E-state index contributed by atoms with van der Waals surface area (Å²) in [6.07, 6.45) is 2.12. The van der Waals surface area contributed by atoms with Crippen molar-refractivity contribution in [2.24, 2.45) is 0 Å². The van der Waals surface area contributed by atoms with Crippen molar-refractivity contribution in [2.45, 2.75) is 26.3 Å². The van der Waals surface area contributed by atoms with Gasteiger partial charge in [-0.2, -0.15) is 0 Å². The maximum absolute atomic E-state index is 13.3. The summed E-state index contributed by atoms with van der Waals surface area (Å²) < 4.78 is 13.3. The fraction of sp³-hybridized carbons (Fsp3) is 0.333. The number of benzene rings is 2. The number of nitrogens with one attached hydrogen (secondary N) is 2. The summed E-state index contributed by atoms with van der Waals surface area (Å²) in [6, 6.07) is 11.2. The predicted octanol–water partition coefficient (Wildman–Crippen LogP) is 3.43. The maximum atomic E-state index is 13.3. The van der Waals surface area contributed by atoms with E-state index in [2.05, 4.69) is 29.7 Å². The van der Waals surface area contributed by atoms with Crippen LogP contribution in [-0.4, -0.2) is 13.1 Å². The predicted molar refractivity (Wildman–Crippen MR) is 85.2 cm³/mol. The van der Waals surface area contributed by atoms with E-state index in [0.717, 1.165) is 31.5 Å². The number of rotatable bonds is 3. The standard InChI is InChI=1S/C18H21FN2/c1-13-5-6-15-7-9-20-10-8-17(15)18(13)21-12-14-3-2-4-16(19)11-14/h2-6,11,20-21H,7-10,12H2,1H3. The zero-order valence-corrected chi connectivity index (χ0v) is 12.4.